The minimum atomic E-state index is -0.890. The number of aliphatic hydroxyl groups is 2. The van der Waals surface area contributed by atoms with Gasteiger partial charge in [-0.3, -0.25) is 9.48 Å². The van der Waals surface area contributed by atoms with E-state index in [2.05, 4.69) is 5.10 Å². The smallest absolute Gasteiger partial charge is 0.274 e. The molecule has 0 radical (unpaired) electrons. The highest BCUT2D eigenvalue weighted by molar-refractivity contribution is 5.97. The van der Waals surface area contributed by atoms with E-state index in [1.807, 2.05) is 0 Å². The van der Waals surface area contributed by atoms with Gasteiger partial charge in [-0.1, -0.05) is 0 Å². The molecule has 1 aliphatic heterocycles. The van der Waals surface area contributed by atoms with Crippen LogP contribution in [0.1, 0.15) is 10.5 Å². The molecule has 2 heterocycles. The molecule has 7 heteroatoms. The van der Waals surface area contributed by atoms with E-state index in [1.54, 1.807) is 7.05 Å². The van der Waals surface area contributed by atoms with Gasteiger partial charge in [-0.2, -0.15) is 5.10 Å². The number of rotatable bonds is 1. The van der Waals surface area contributed by atoms with E-state index in [1.165, 1.54) is 15.8 Å². The van der Waals surface area contributed by atoms with Crippen LogP contribution in [0.25, 0.3) is 0 Å². The number of hydrogen-bond acceptors (Lipinski definition) is 5. The molecule has 7 nitrogen and oxygen atoms in total. The van der Waals surface area contributed by atoms with E-state index in [4.69, 9.17) is 5.73 Å². The SMILES string of the molecule is Cn1ncc(N)c1C(=O)N1C[C@@H](O)[C@@H](O)C1. The molecule has 1 fully saturated rings. The molecule has 0 saturated carbocycles. The second-order valence-electron chi connectivity index (χ2n) is 3.92. The predicted octanol–water partition coefficient (Wildman–Crippen LogP) is -1.82. The highest BCUT2D eigenvalue weighted by Gasteiger charge is 2.34. The van der Waals surface area contributed by atoms with Gasteiger partial charge < -0.3 is 20.8 Å². The van der Waals surface area contributed by atoms with Gasteiger partial charge in [-0.15, -0.1) is 0 Å². The molecule has 0 bridgehead atoms. The van der Waals surface area contributed by atoms with Crippen molar-refractivity contribution in [2.75, 3.05) is 18.8 Å². The summed E-state index contributed by atoms with van der Waals surface area (Å²) in [7, 11) is 1.62. The minimum Gasteiger partial charge on any atom is -0.396 e. The van der Waals surface area contributed by atoms with Crippen molar-refractivity contribution in [3.63, 3.8) is 0 Å². The molecule has 2 atom stereocenters. The van der Waals surface area contributed by atoms with Gasteiger partial charge in [0.1, 0.15) is 5.69 Å². The number of aryl methyl sites for hydroxylation is 1. The fraction of sp³-hybridized carbons (Fsp3) is 0.556. The number of anilines is 1. The Morgan fingerprint density at radius 1 is 1.50 bits per heavy atom. The maximum atomic E-state index is 12.0. The second-order valence-corrected chi connectivity index (χ2v) is 3.92. The van der Waals surface area contributed by atoms with Crippen molar-refractivity contribution < 1.29 is 15.0 Å². The molecule has 1 aromatic heterocycles. The number of carbonyl (C=O) groups is 1. The predicted molar refractivity (Wildman–Crippen MR) is 55.5 cm³/mol. The number of aliphatic hydroxyl groups excluding tert-OH is 2. The van der Waals surface area contributed by atoms with Crippen molar-refractivity contribution in [3.05, 3.63) is 11.9 Å². The highest BCUT2D eigenvalue weighted by Crippen LogP contribution is 2.17. The Morgan fingerprint density at radius 2 is 2.06 bits per heavy atom. The molecule has 1 aliphatic rings. The van der Waals surface area contributed by atoms with Crippen molar-refractivity contribution in [2.24, 2.45) is 7.05 Å². The third-order valence-corrected chi connectivity index (χ3v) is 2.72. The lowest BCUT2D eigenvalue weighted by Crippen LogP contribution is -2.31. The molecule has 0 aromatic carbocycles. The van der Waals surface area contributed by atoms with Crippen LogP contribution in [0.3, 0.4) is 0 Å². The van der Waals surface area contributed by atoms with Crippen LogP contribution in [-0.4, -0.2) is 56.1 Å². The largest absolute Gasteiger partial charge is 0.396 e. The fourth-order valence-corrected chi connectivity index (χ4v) is 1.80. The lowest BCUT2D eigenvalue weighted by Gasteiger charge is -2.15. The Kier molecular flexibility index (Phi) is 2.56. The molecule has 0 unspecified atom stereocenters. The lowest BCUT2D eigenvalue weighted by molar-refractivity contribution is 0.0572. The number of aromatic nitrogens is 2. The Morgan fingerprint density at radius 3 is 2.50 bits per heavy atom. The first-order chi connectivity index (χ1) is 7.50. The lowest BCUT2D eigenvalue weighted by atomic mass is 10.3. The van der Waals surface area contributed by atoms with E-state index in [-0.39, 0.29) is 24.7 Å². The summed E-state index contributed by atoms with van der Waals surface area (Å²) in [6.45, 7) is 0.231. The van der Waals surface area contributed by atoms with Gasteiger partial charge in [0.2, 0.25) is 0 Å². The van der Waals surface area contributed by atoms with Crippen LogP contribution in [-0.2, 0) is 7.05 Å². The Balaban J connectivity index is 2.21. The molecule has 1 amide bonds. The van der Waals surface area contributed by atoms with Gasteiger partial charge in [-0.05, 0) is 0 Å². The first-order valence-electron chi connectivity index (χ1n) is 4.93. The molecule has 16 heavy (non-hydrogen) atoms. The summed E-state index contributed by atoms with van der Waals surface area (Å²) in [5.74, 6) is -0.326. The van der Waals surface area contributed by atoms with E-state index < -0.39 is 12.2 Å². The van der Waals surface area contributed by atoms with Gasteiger partial charge in [-0.25, -0.2) is 0 Å². The number of nitrogens with zero attached hydrogens (tertiary/aromatic N) is 3. The molecule has 1 saturated heterocycles. The zero-order valence-corrected chi connectivity index (χ0v) is 8.87. The van der Waals surface area contributed by atoms with E-state index in [9.17, 15) is 15.0 Å². The van der Waals surface area contributed by atoms with Crippen LogP contribution in [0.2, 0.25) is 0 Å². The molecular weight excluding hydrogens is 212 g/mol. The first-order valence-corrected chi connectivity index (χ1v) is 4.93. The van der Waals surface area contributed by atoms with E-state index >= 15 is 0 Å². The summed E-state index contributed by atoms with van der Waals surface area (Å²) >= 11 is 0. The molecule has 4 N–H and O–H groups in total. The summed E-state index contributed by atoms with van der Waals surface area (Å²) < 4.78 is 1.38. The summed E-state index contributed by atoms with van der Waals surface area (Å²) in [4.78, 5) is 13.4. The van der Waals surface area contributed by atoms with Crippen molar-refractivity contribution in [1.82, 2.24) is 14.7 Å². The standard InChI is InChI=1S/C9H14N4O3/c1-12-8(5(10)2-11-12)9(16)13-3-6(14)7(15)4-13/h2,6-7,14-15H,3-4,10H2,1H3/t6-,7+. The van der Waals surface area contributed by atoms with Crippen LogP contribution >= 0.6 is 0 Å². The molecule has 88 valence electrons. The summed E-state index contributed by atoms with van der Waals surface area (Å²) in [6.07, 6.45) is -0.382. The van der Waals surface area contributed by atoms with Gasteiger partial charge >= 0.3 is 0 Å². The van der Waals surface area contributed by atoms with Crippen LogP contribution in [0, 0.1) is 0 Å². The number of carbonyl (C=O) groups excluding carboxylic acids is 1. The summed E-state index contributed by atoms with van der Waals surface area (Å²) in [5.41, 5.74) is 6.20. The Labute approximate surface area is 92.1 Å². The van der Waals surface area contributed by atoms with Crippen LogP contribution in [0.4, 0.5) is 5.69 Å². The second kappa shape index (κ2) is 3.76. The van der Waals surface area contributed by atoms with Gasteiger partial charge in [0.05, 0.1) is 24.1 Å². The average molecular weight is 226 g/mol. The maximum absolute atomic E-state index is 12.0. The first kappa shape index (κ1) is 10.9. The quantitative estimate of drug-likeness (QED) is 0.523. The van der Waals surface area contributed by atoms with Gasteiger partial charge in [0.15, 0.2) is 0 Å². The molecule has 1 aromatic rings. The highest BCUT2D eigenvalue weighted by atomic mass is 16.3. The van der Waals surface area contributed by atoms with Gasteiger partial charge in [0, 0.05) is 20.1 Å². The zero-order valence-electron chi connectivity index (χ0n) is 8.87. The monoisotopic (exact) mass is 226 g/mol. The van der Waals surface area contributed by atoms with Crippen LogP contribution in [0.5, 0.6) is 0 Å². The normalized spacial score (nSPS) is 25.1. The Bertz CT molecular complexity index is 387. The topological polar surface area (TPSA) is 105 Å². The third kappa shape index (κ3) is 1.63. The van der Waals surface area contributed by atoms with E-state index in [0.717, 1.165) is 0 Å². The molecule has 0 aliphatic carbocycles. The van der Waals surface area contributed by atoms with E-state index in [0.29, 0.717) is 5.69 Å². The van der Waals surface area contributed by atoms with Crippen LogP contribution in [0.15, 0.2) is 6.20 Å². The maximum Gasteiger partial charge on any atom is 0.274 e. The molecule has 0 spiro atoms. The number of amides is 1. The number of nitrogen functional groups attached to an aromatic ring is 1. The zero-order chi connectivity index (χ0) is 11.9. The average Bonchev–Trinajstić information content (AvgIpc) is 2.72. The van der Waals surface area contributed by atoms with Crippen molar-refractivity contribution >= 4 is 11.6 Å². The number of likely N-dealkylation sites (tertiary alicyclic amines) is 1. The van der Waals surface area contributed by atoms with Crippen molar-refractivity contribution in [3.8, 4) is 0 Å². The van der Waals surface area contributed by atoms with Crippen molar-refractivity contribution in [2.45, 2.75) is 12.2 Å². The molecular formula is C9H14N4O3. The Hall–Kier alpha value is -1.60. The third-order valence-electron chi connectivity index (χ3n) is 2.72. The molecule has 2 rings (SSSR count). The fourth-order valence-electron chi connectivity index (χ4n) is 1.80. The number of β-amino-alcohol motifs (C(OH)–C–C–N with tert-alkyl or cyclic N) is 2. The minimum absolute atomic E-state index is 0.116. The van der Waals surface area contributed by atoms with Crippen molar-refractivity contribution in [1.29, 1.82) is 0 Å². The number of hydrogen-bond donors (Lipinski definition) is 3. The summed E-state index contributed by atoms with van der Waals surface area (Å²) in [6, 6.07) is 0. The number of nitrogens with two attached hydrogens (primary N) is 1. The van der Waals surface area contributed by atoms with Gasteiger partial charge in [0.25, 0.3) is 5.91 Å². The van der Waals surface area contributed by atoms with Crippen LogP contribution < -0.4 is 5.73 Å². The summed E-state index contributed by atoms with van der Waals surface area (Å²) in [5, 5.41) is 22.6.